The molecule has 2 N–H and O–H groups in total. The third-order valence-corrected chi connectivity index (χ3v) is 3.58. The number of alkyl halides is 3. The average molecular weight is 304 g/mol. The first-order chi connectivity index (χ1) is 9.81. The van der Waals surface area contributed by atoms with E-state index in [2.05, 4.69) is 15.7 Å². The number of hydrogen-bond acceptors (Lipinski definition) is 3. The molecule has 8 heteroatoms. The van der Waals surface area contributed by atoms with Crippen molar-refractivity contribution in [1.82, 2.24) is 20.4 Å². The van der Waals surface area contributed by atoms with E-state index in [0.29, 0.717) is 18.7 Å². The summed E-state index contributed by atoms with van der Waals surface area (Å²) in [5, 5.41) is 9.38. The molecule has 0 saturated carbocycles. The molecule has 2 heterocycles. The molecule has 1 aromatic rings. The van der Waals surface area contributed by atoms with Gasteiger partial charge in [0.2, 0.25) is 0 Å². The number of piperidine rings is 1. The fourth-order valence-corrected chi connectivity index (χ4v) is 2.49. The number of aromatic nitrogens is 2. The molecular formula is C13H19F3N4O. The van der Waals surface area contributed by atoms with Crippen molar-refractivity contribution in [1.29, 1.82) is 0 Å². The van der Waals surface area contributed by atoms with Crippen molar-refractivity contribution >= 4 is 5.91 Å². The maximum absolute atomic E-state index is 12.5. The molecule has 0 bridgehead atoms. The number of hydrogen-bond donors (Lipinski definition) is 2. The minimum Gasteiger partial charge on any atom is -0.347 e. The molecule has 5 nitrogen and oxygen atoms in total. The van der Waals surface area contributed by atoms with E-state index in [1.165, 1.54) is 0 Å². The summed E-state index contributed by atoms with van der Waals surface area (Å²) in [4.78, 5) is 12.2. The van der Waals surface area contributed by atoms with Gasteiger partial charge in [-0.1, -0.05) is 0 Å². The van der Waals surface area contributed by atoms with Crippen molar-refractivity contribution in [3.05, 3.63) is 17.5 Å². The van der Waals surface area contributed by atoms with E-state index in [1.807, 2.05) is 6.92 Å². The van der Waals surface area contributed by atoms with Crippen LogP contribution in [-0.2, 0) is 6.54 Å². The van der Waals surface area contributed by atoms with Crippen LogP contribution < -0.4 is 10.6 Å². The molecule has 2 unspecified atom stereocenters. The Morgan fingerprint density at radius 1 is 1.52 bits per heavy atom. The molecule has 0 aromatic carbocycles. The van der Waals surface area contributed by atoms with Gasteiger partial charge in [0.1, 0.15) is 11.7 Å². The van der Waals surface area contributed by atoms with Crippen LogP contribution >= 0.6 is 0 Å². The Balaban J connectivity index is 1.93. The van der Waals surface area contributed by atoms with E-state index >= 15 is 0 Å². The van der Waals surface area contributed by atoms with Gasteiger partial charge in [0.15, 0.2) is 0 Å². The molecule has 1 amide bonds. The topological polar surface area (TPSA) is 59.0 Å². The Morgan fingerprint density at radius 3 is 2.76 bits per heavy atom. The number of nitrogens with one attached hydrogen (secondary N) is 2. The third kappa shape index (κ3) is 3.75. The van der Waals surface area contributed by atoms with Gasteiger partial charge in [-0.05, 0) is 32.8 Å². The first kappa shape index (κ1) is 15.8. The molecule has 118 valence electrons. The van der Waals surface area contributed by atoms with E-state index < -0.39 is 12.2 Å². The lowest BCUT2D eigenvalue weighted by Crippen LogP contribution is -2.54. The molecular weight excluding hydrogens is 285 g/mol. The van der Waals surface area contributed by atoms with Crippen LogP contribution in [0.2, 0.25) is 0 Å². The summed E-state index contributed by atoms with van der Waals surface area (Å²) in [6, 6.07) is -0.0983. The summed E-state index contributed by atoms with van der Waals surface area (Å²) in [5.41, 5.74) is 1.17. The van der Waals surface area contributed by atoms with Crippen molar-refractivity contribution in [2.45, 2.75) is 51.5 Å². The van der Waals surface area contributed by atoms with Crippen LogP contribution in [0.15, 0.2) is 6.07 Å². The quantitative estimate of drug-likeness (QED) is 0.892. The maximum Gasteiger partial charge on any atom is 0.403 e. The van der Waals surface area contributed by atoms with Gasteiger partial charge in [-0.25, -0.2) is 0 Å². The fourth-order valence-electron chi connectivity index (χ4n) is 2.49. The summed E-state index contributed by atoms with van der Waals surface area (Å²) in [6.07, 6.45) is -3.95. The third-order valence-electron chi connectivity index (χ3n) is 3.58. The molecule has 21 heavy (non-hydrogen) atoms. The molecule has 0 spiro atoms. The van der Waals surface area contributed by atoms with Gasteiger partial charge >= 0.3 is 6.18 Å². The van der Waals surface area contributed by atoms with Crippen LogP contribution in [0.1, 0.15) is 35.9 Å². The van der Waals surface area contributed by atoms with E-state index in [9.17, 15) is 18.0 Å². The number of nitrogens with zero attached hydrogens (tertiary/aromatic N) is 2. The molecule has 1 aromatic heterocycles. The summed E-state index contributed by atoms with van der Waals surface area (Å²) in [5.74, 6) is -0.297. The number of carbonyl (C=O) groups excluding carboxylic acids is 1. The zero-order valence-corrected chi connectivity index (χ0v) is 12.0. The highest BCUT2D eigenvalue weighted by molar-refractivity contribution is 5.92. The molecule has 1 fully saturated rings. The van der Waals surface area contributed by atoms with Crippen LogP contribution in [-0.4, -0.2) is 40.5 Å². The molecule has 2 atom stereocenters. The van der Waals surface area contributed by atoms with Crippen molar-refractivity contribution < 1.29 is 18.0 Å². The Bertz CT molecular complexity index is 504. The first-order valence-corrected chi connectivity index (χ1v) is 6.96. The molecule has 1 aliphatic heterocycles. The minimum absolute atomic E-state index is 0.0273. The van der Waals surface area contributed by atoms with Gasteiger partial charge in [-0.15, -0.1) is 0 Å². The number of amides is 1. The molecule has 0 radical (unpaired) electrons. The largest absolute Gasteiger partial charge is 0.403 e. The lowest BCUT2D eigenvalue weighted by atomic mass is 10.0. The van der Waals surface area contributed by atoms with Crippen LogP contribution in [0, 0.1) is 6.92 Å². The van der Waals surface area contributed by atoms with Crippen LogP contribution in [0.3, 0.4) is 0 Å². The second-order valence-corrected chi connectivity index (χ2v) is 5.24. The van der Waals surface area contributed by atoms with Crippen molar-refractivity contribution in [3.63, 3.8) is 0 Å². The predicted molar refractivity (Wildman–Crippen MR) is 71.0 cm³/mol. The van der Waals surface area contributed by atoms with Gasteiger partial charge in [0.05, 0.1) is 5.69 Å². The lowest BCUT2D eigenvalue weighted by molar-refractivity contribution is -0.160. The number of halogens is 3. The first-order valence-electron chi connectivity index (χ1n) is 6.96. The van der Waals surface area contributed by atoms with Gasteiger partial charge in [-0.3, -0.25) is 9.48 Å². The van der Waals surface area contributed by atoms with Crippen molar-refractivity contribution in [3.8, 4) is 0 Å². The van der Waals surface area contributed by atoms with E-state index in [-0.39, 0.29) is 24.9 Å². The molecule has 1 saturated heterocycles. The minimum atomic E-state index is -4.23. The zero-order chi connectivity index (χ0) is 15.6. The van der Waals surface area contributed by atoms with E-state index in [4.69, 9.17) is 0 Å². The van der Waals surface area contributed by atoms with Gasteiger partial charge in [-0.2, -0.15) is 18.3 Å². The normalized spacial score (nSPS) is 23.1. The van der Waals surface area contributed by atoms with Crippen LogP contribution in [0.4, 0.5) is 13.2 Å². The lowest BCUT2D eigenvalue weighted by Gasteiger charge is -2.31. The summed E-state index contributed by atoms with van der Waals surface area (Å²) in [6.45, 7) is 4.35. The van der Waals surface area contributed by atoms with E-state index in [1.54, 1.807) is 17.7 Å². The zero-order valence-electron chi connectivity index (χ0n) is 12.0. The summed E-state index contributed by atoms with van der Waals surface area (Å²) < 4.78 is 39.2. The van der Waals surface area contributed by atoms with Crippen LogP contribution in [0.25, 0.3) is 0 Å². The van der Waals surface area contributed by atoms with Gasteiger partial charge < -0.3 is 10.6 Å². The highest BCUT2D eigenvalue weighted by Gasteiger charge is 2.41. The number of rotatable bonds is 3. The molecule has 2 rings (SSSR count). The SMILES string of the molecule is CCn1nc(C)cc1C(=O)NC1CCC(C(F)(F)F)NC1. The van der Waals surface area contributed by atoms with Crippen molar-refractivity contribution in [2.75, 3.05) is 6.54 Å². The number of aryl methyl sites for hydroxylation is 2. The standard InChI is InChI=1S/C13H19F3N4O/c1-3-20-10(6-8(2)19-20)12(21)18-9-4-5-11(17-7-9)13(14,15)16/h6,9,11,17H,3-5,7H2,1-2H3,(H,18,21). The fraction of sp³-hybridized carbons (Fsp3) is 0.692. The Labute approximate surface area is 120 Å². The molecule has 1 aliphatic rings. The average Bonchev–Trinajstić information content (AvgIpc) is 2.79. The summed E-state index contributed by atoms with van der Waals surface area (Å²) >= 11 is 0. The Morgan fingerprint density at radius 2 is 2.24 bits per heavy atom. The van der Waals surface area contributed by atoms with Gasteiger partial charge in [0, 0.05) is 19.1 Å². The maximum atomic E-state index is 12.5. The molecule has 0 aliphatic carbocycles. The van der Waals surface area contributed by atoms with Crippen LogP contribution in [0.5, 0.6) is 0 Å². The van der Waals surface area contributed by atoms with Crippen molar-refractivity contribution in [2.24, 2.45) is 0 Å². The summed E-state index contributed by atoms with van der Waals surface area (Å²) in [7, 11) is 0. The Kier molecular flexibility index (Phi) is 4.55. The van der Waals surface area contributed by atoms with Gasteiger partial charge in [0.25, 0.3) is 5.91 Å². The highest BCUT2D eigenvalue weighted by Crippen LogP contribution is 2.26. The monoisotopic (exact) mass is 304 g/mol. The second kappa shape index (κ2) is 6.05. The predicted octanol–water partition coefficient (Wildman–Crippen LogP) is 1.62. The number of carbonyl (C=O) groups is 1. The second-order valence-electron chi connectivity index (χ2n) is 5.24. The van der Waals surface area contributed by atoms with E-state index in [0.717, 1.165) is 5.69 Å². The Hall–Kier alpha value is -1.57. The smallest absolute Gasteiger partial charge is 0.347 e. The highest BCUT2D eigenvalue weighted by atomic mass is 19.4.